The van der Waals surface area contributed by atoms with E-state index in [1.54, 1.807) is 6.92 Å². The number of amides is 1. The van der Waals surface area contributed by atoms with Gasteiger partial charge in [0.1, 0.15) is 0 Å². The summed E-state index contributed by atoms with van der Waals surface area (Å²) in [6, 6.07) is 4.71. The molecule has 9 heteroatoms. The Morgan fingerprint density at radius 1 is 1.21 bits per heavy atom. The SMILES string of the molecule is CC1=C(C(=O)Nc2cc(C(F)(F)F)ccc2Cl)[C@@H](c2sccc2C)C2=C(CC(C)(C)CC2=O)N1. The van der Waals surface area contributed by atoms with Crippen molar-refractivity contribution in [1.29, 1.82) is 0 Å². The molecule has 4 nitrogen and oxygen atoms in total. The van der Waals surface area contributed by atoms with Crippen LogP contribution in [0.25, 0.3) is 0 Å². The number of aryl methyl sites for hydroxylation is 1. The molecule has 1 amide bonds. The number of thiophene rings is 1. The maximum Gasteiger partial charge on any atom is 0.416 e. The molecule has 2 N–H and O–H groups in total. The van der Waals surface area contributed by atoms with Crippen LogP contribution in [0.5, 0.6) is 0 Å². The lowest BCUT2D eigenvalue weighted by Crippen LogP contribution is -2.39. The number of carbonyl (C=O) groups excluding carboxylic acids is 2. The van der Waals surface area contributed by atoms with Gasteiger partial charge < -0.3 is 10.6 Å². The molecule has 34 heavy (non-hydrogen) atoms. The lowest BCUT2D eigenvalue weighted by Gasteiger charge is -2.39. The Labute approximate surface area is 204 Å². The standard InChI is InChI=1S/C25H24ClF3N2O2S/c1-12-7-8-34-22(12)21-19(13(2)30-17-10-24(3,4)11-18(32)20(17)21)23(33)31-16-9-14(25(27,28)29)5-6-15(16)26/h5-9,21,30H,10-11H2,1-4H3,(H,31,33)/t21-/m1/s1. The van der Waals surface area contributed by atoms with Crippen molar-refractivity contribution in [2.45, 2.75) is 52.6 Å². The van der Waals surface area contributed by atoms with Crippen LogP contribution in [0.4, 0.5) is 18.9 Å². The first kappa shape index (κ1) is 24.5. The van der Waals surface area contributed by atoms with E-state index in [1.807, 2.05) is 32.2 Å². The summed E-state index contributed by atoms with van der Waals surface area (Å²) >= 11 is 7.57. The summed E-state index contributed by atoms with van der Waals surface area (Å²) in [6.45, 7) is 7.71. The highest BCUT2D eigenvalue weighted by atomic mass is 35.5. The quantitative estimate of drug-likeness (QED) is 0.470. The summed E-state index contributed by atoms with van der Waals surface area (Å²) in [5.41, 5.74) is 1.87. The van der Waals surface area contributed by atoms with Gasteiger partial charge in [0.15, 0.2) is 5.78 Å². The summed E-state index contributed by atoms with van der Waals surface area (Å²) in [6.07, 6.45) is -3.58. The number of nitrogens with one attached hydrogen (secondary N) is 2. The molecule has 1 aliphatic carbocycles. The highest BCUT2D eigenvalue weighted by molar-refractivity contribution is 7.10. The van der Waals surface area contributed by atoms with Gasteiger partial charge in [-0.2, -0.15) is 13.2 Å². The fourth-order valence-corrected chi connectivity index (χ4v) is 5.88. The molecule has 1 aromatic heterocycles. The summed E-state index contributed by atoms with van der Waals surface area (Å²) in [7, 11) is 0. The molecular formula is C25H24ClF3N2O2S. The number of rotatable bonds is 3. The Morgan fingerprint density at radius 2 is 1.91 bits per heavy atom. The second-order valence-corrected chi connectivity index (χ2v) is 10.9. The number of hydrogen-bond acceptors (Lipinski definition) is 4. The lowest BCUT2D eigenvalue weighted by atomic mass is 9.69. The van der Waals surface area contributed by atoms with Gasteiger partial charge in [-0.1, -0.05) is 25.4 Å². The molecule has 0 unspecified atom stereocenters. The van der Waals surface area contributed by atoms with Crippen molar-refractivity contribution in [3.63, 3.8) is 0 Å². The van der Waals surface area contributed by atoms with Crippen LogP contribution >= 0.6 is 22.9 Å². The average molecular weight is 509 g/mol. The number of allylic oxidation sites excluding steroid dienone is 3. The Kier molecular flexibility index (Phi) is 6.19. The molecule has 2 heterocycles. The maximum absolute atomic E-state index is 13.5. The Morgan fingerprint density at radius 3 is 2.53 bits per heavy atom. The molecule has 0 spiro atoms. The first-order valence-corrected chi connectivity index (χ1v) is 12.0. The molecule has 1 aliphatic heterocycles. The van der Waals surface area contributed by atoms with Crippen molar-refractivity contribution in [3.05, 3.63) is 73.2 Å². The zero-order valence-corrected chi connectivity index (χ0v) is 20.7. The third kappa shape index (κ3) is 4.53. The number of carbonyl (C=O) groups is 2. The van der Waals surface area contributed by atoms with Crippen molar-refractivity contribution in [2.75, 3.05) is 5.32 Å². The van der Waals surface area contributed by atoms with Gasteiger partial charge in [0.05, 0.1) is 22.2 Å². The van der Waals surface area contributed by atoms with Gasteiger partial charge >= 0.3 is 6.18 Å². The third-order valence-corrected chi connectivity index (χ3v) is 7.60. The molecule has 0 radical (unpaired) electrons. The molecular weight excluding hydrogens is 485 g/mol. The molecule has 0 fully saturated rings. The van der Waals surface area contributed by atoms with Crippen molar-refractivity contribution in [1.82, 2.24) is 5.32 Å². The summed E-state index contributed by atoms with van der Waals surface area (Å²) < 4.78 is 39.7. The summed E-state index contributed by atoms with van der Waals surface area (Å²) in [5, 5.41) is 7.70. The third-order valence-electron chi connectivity index (χ3n) is 6.19. The van der Waals surface area contributed by atoms with E-state index >= 15 is 0 Å². The molecule has 2 aromatic rings. The van der Waals surface area contributed by atoms with E-state index < -0.39 is 23.6 Å². The van der Waals surface area contributed by atoms with E-state index in [-0.39, 0.29) is 21.9 Å². The zero-order valence-electron chi connectivity index (χ0n) is 19.1. The fourth-order valence-electron chi connectivity index (χ4n) is 4.67. The van der Waals surface area contributed by atoms with Gasteiger partial charge in [-0.3, -0.25) is 9.59 Å². The molecule has 0 saturated carbocycles. The van der Waals surface area contributed by atoms with E-state index in [1.165, 1.54) is 11.3 Å². The van der Waals surface area contributed by atoms with Crippen LogP contribution < -0.4 is 10.6 Å². The van der Waals surface area contributed by atoms with Gasteiger partial charge in [-0.15, -0.1) is 11.3 Å². The minimum atomic E-state index is -4.58. The number of halogens is 4. The summed E-state index contributed by atoms with van der Waals surface area (Å²) in [5.74, 6) is -1.25. The lowest BCUT2D eigenvalue weighted by molar-refractivity contribution is -0.137. The van der Waals surface area contributed by atoms with Crippen LogP contribution in [0.1, 0.15) is 55.5 Å². The number of hydrogen-bond donors (Lipinski definition) is 2. The van der Waals surface area contributed by atoms with Gasteiger partial charge in [0.25, 0.3) is 5.91 Å². The van der Waals surface area contributed by atoms with Crippen LogP contribution in [-0.4, -0.2) is 11.7 Å². The smallest absolute Gasteiger partial charge is 0.362 e. The molecule has 0 saturated heterocycles. The highest BCUT2D eigenvalue weighted by Gasteiger charge is 2.43. The molecule has 2 aliphatic rings. The second-order valence-electron chi connectivity index (χ2n) is 9.54. The Balaban J connectivity index is 1.79. The first-order chi connectivity index (χ1) is 15.8. The topological polar surface area (TPSA) is 58.2 Å². The van der Waals surface area contributed by atoms with Gasteiger partial charge in [-0.25, -0.2) is 0 Å². The largest absolute Gasteiger partial charge is 0.416 e. The van der Waals surface area contributed by atoms with Gasteiger partial charge in [0, 0.05) is 33.8 Å². The number of alkyl halides is 3. The van der Waals surface area contributed by atoms with Gasteiger partial charge in [0.2, 0.25) is 0 Å². The second kappa shape index (κ2) is 8.57. The Hall–Kier alpha value is -2.58. The average Bonchev–Trinajstić information content (AvgIpc) is 3.12. The van der Waals surface area contributed by atoms with Crippen LogP contribution in [0.3, 0.4) is 0 Å². The normalized spacial score (nSPS) is 20.2. The number of benzene rings is 1. The minimum absolute atomic E-state index is 0.0115. The van der Waals surface area contributed by atoms with E-state index in [2.05, 4.69) is 10.6 Å². The van der Waals surface area contributed by atoms with E-state index in [0.29, 0.717) is 29.7 Å². The van der Waals surface area contributed by atoms with Crippen LogP contribution in [-0.2, 0) is 15.8 Å². The predicted octanol–water partition coefficient (Wildman–Crippen LogP) is 6.97. The predicted molar refractivity (Wildman–Crippen MR) is 128 cm³/mol. The van der Waals surface area contributed by atoms with E-state index in [9.17, 15) is 22.8 Å². The number of ketones is 1. The van der Waals surface area contributed by atoms with Crippen LogP contribution in [0.2, 0.25) is 5.02 Å². The van der Waals surface area contributed by atoms with Crippen molar-refractivity contribution in [3.8, 4) is 0 Å². The van der Waals surface area contributed by atoms with Crippen molar-refractivity contribution in [2.24, 2.45) is 5.41 Å². The minimum Gasteiger partial charge on any atom is -0.362 e. The molecule has 0 bridgehead atoms. The monoisotopic (exact) mass is 508 g/mol. The molecule has 4 rings (SSSR count). The van der Waals surface area contributed by atoms with Crippen LogP contribution in [0.15, 0.2) is 52.2 Å². The molecule has 180 valence electrons. The molecule has 1 atom stereocenters. The maximum atomic E-state index is 13.5. The Bertz CT molecular complexity index is 1260. The van der Waals surface area contributed by atoms with E-state index in [0.717, 1.165) is 34.3 Å². The van der Waals surface area contributed by atoms with Gasteiger partial charge in [-0.05, 0) is 60.9 Å². The summed E-state index contributed by atoms with van der Waals surface area (Å²) in [4.78, 5) is 27.7. The highest BCUT2D eigenvalue weighted by Crippen LogP contribution is 2.48. The number of dihydropyridines is 1. The zero-order chi connectivity index (χ0) is 25.0. The number of anilines is 1. The van der Waals surface area contributed by atoms with E-state index in [4.69, 9.17) is 11.6 Å². The van der Waals surface area contributed by atoms with Crippen LogP contribution in [0, 0.1) is 12.3 Å². The molecule has 1 aromatic carbocycles. The fraction of sp³-hybridized carbons (Fsp3) is 0.360. The van der Waals surface area contributed by atoms with Crippen molar-refractivity contribution < 1.29 is 22.8 Å². The number of Topliss-reactive ketones (excluding diaryl/α,β-unsaturated/α-hetero) is 1. The first-order valence-electron chi connectivity index (χ1n) is 10.7. The van der Waals surface area contributed by atoms with Crippen molar-refractivity contribution >= 4 is 40.3 Å².